The van der Waals surface area contributed by atoms with Crippen molar-refractivity contribution in [1.82, 2.24) is 4.40 Å². The van der Waals surface area contributed by atoms with Crippen LogP contribution in [0.1, 0.15) is 55.6 Å². The van der Waals surface area contributed by atoms with Crippen LogP contribution in [0.5, 0.6) is 5.88 Å². The summed E-state index contributed by atoms with van der Waals surface area (Å²) >= 11 is 1.38. The Morgan fingerprint density at radius 1 is 1.29 bits per heavy atom. The zero-order valence-electron chi connectivity index (χ0n) is 15.9. The molecule has 28 heavy (non-hydrogen) atoms. The number of fused-ring (bicyclic) bond motifs is 4. The van der Waals surface area contributed by atoms with Crippen molar-refractivity contribution in [2.24, 2.45) is 0 Å². The van der Waals surface area contributed by atoms with Gasteiger partial charge in [0.1, 0.15) is 12.9 Å². The summed E-state index contributed by atoms with van der Waals surface area (Å²) in [6, 6.07) is 4.14. The lowest BCUT2D eigenvalue weighted by Gasteiger charge is -2.24. The average molecular weight is 397 g/mol. The maximum absolute atomic E-state index is 11.7. The molecule has 0 bridgehead atoms. The molecular weight excluding hydrogens is 374 g/mol. The minimum absolute atomic E-state index is 0.402. The van der Waals surface area contributed by atoms with Crippen LogP contribution in [0.15, 0.2) is 28.7 Å². The molecule has 3 aliphatic rings. The summed E-state index contributed by atoms with van der Waals surface area (Å²) in [5.74, 6) is 0.411. The molecule has 2 aromatic heterocycles. The Balaban J connectivity index is 1.78. The molecule has 0 unspecified atom stereocenters. The predicted molar refractivity (Wildman–Crippen MR) is 110 cm³/mol. The molecule has 146 valence electrons. The number of hydrogen-bond donors (Lipinski definition) is 1. The highest BCUT2D eigenvalue weighted by Crippen LogP contribution is 2.47. The van der Waals surface area contributed by atoms with Crippen molar-refractivity contribution < 1.29 is 19.4 Å². The Morgan fingerprint density at radius 3 is 2.86 bits per heavy atom. The fourth-order valence-corrected chi connectivity index (χ4v) is 5.88. The second kappa shape index (κ2) is 6.92. The van der Waals surface area contributed by atoms with Gasteiger partial charge in [0.25, 0.3) is 0 Å². The molecule has 1 N–H and O–H groups in total. The summed E-state index contributed by atoms with van der Waals surface area (Å²) in [5, 5.41) is 10.5. The second-order valence-corrected chi connectivity index (χ2v) is 8.70. The molecule has 5 rings (SSSR count). The number of allylic oxidation sites excluding steroid dienone is 1. The Hall–Kier alpha value is -2.34. The summed E-state index contributed by atoms with van der Waals surface area (Å²) in [7, 11) is 1.68. The molecule has 2 aromatic rings. The topological polar surface area (TPSA) is 60.2 Å². The molecular formula is C22H23NO4S. The van der Waals surface area contributed by atoms with E-state index in [9.17, 15) is 9.90 Å². The van der Waals surface area contributed by atoms with Gasteiger partial charge in [0, 0.05) is 16.5 Å². The second-order valence-electron chi connectivity index (χ2n) is 7.65. The van der Waals surface area contributed by atoms with Crippen molar-refractivity contribution in [3.63, 3.8) is 0 Å². The maximum atomic E-state index is 11.7. The molecule has 0 amide bonds. The minimum atomic E-state index is -0.859. The van der Waals surface area contributed by atoms with Gasteiger partial charge in [-0.15, -0.1) is 0 Å². The molecule has 5 nitrogen and oxygen atoms in total. The van der Waals surface area contributed by atoms with E-state index in [2.05, 4.69) is 10.5 Å². The summed E-state index contributed by atoms with van der Waals surface area (Å²) in [6.45, 7) is 0.496. The van der Waals surface area contributed by atoms with Gasteiger partial charge in [0.15, 0.2) is 5.88 Å². The third-order valence-corrected chi connectivity index (χ3v) is 7.33. The molecule has 6 heteroatoms. The van der Waals surface area contributed by atoms with Gasteiger partial charge in [-0.3, -0.25) is 4.40 Å². The van der Waals surface area contributed by atoms with E-state index in [-0.39, 0.29) is 0 Å². The van der Waals surface area contributed by atoms with E-state index in [1.165, 1.54) is 49.4 Å². The number of aliphatic carboxylic acids is 1. The number of methoxy groups -OCH3 is 1. The lowest BCUT2D eigenvalue weighted by Crippen LogP contribution is -2.15. The molecule has 4 heterocycles. The standard InChI is InChI=1S/C22H23NO4S/c1-26-18-10-8-15-19(13-5-3-2-4-6-13)20-16(23(15)18)12-27-11-14-7-9-17(22(24)25)28-21(14)20/h8-10,12-13H,2-7,11H2,1H3,(H,24,25). The van der Waals surface area contributed by atoms with Crippen LogP contribution in [0.3, 0.4) is 0 Å². The first-order valence-electron chi connectivity index (χ1n) is 9.85. The van der Waals surface area contributed by atoms with E-state index in [1.54, 1.807) is 13.2 Å². The number of carboxylic acids is 1. The number of nitrogens with zero attached hydrogens (tertiary/aromatic N) is 1. The first kappa shape index (κ1) is 17.7. The van der Waals surface area contributed by atoms with Gasteiger partial charge >= 0.3 is 5.97 Å². The van der Waals surface area contributed by atoms with Crippen LogP contribution in [0.4, 0.5) is 0 Å². The predicted octanol–water partition coefficient (Wildman–Crippen LogP) is 4.30. The van der Waals surface area contributed by atoms with Crippen molar-refractivity contribution in [1.29, 1.82) is 0 Å². The van der Waals surface area contributed by atoms with Crippen LogP contribution in [-0.2, 0) is 9.53 Å². The highest BCUT2D eigenvalue weighted by Gasteiger charge is 2.32. The van der Waals surface area contributed by atoms with E-state index >= 15 is 0 Å². The molecule has 1 saturated carbocycles. The molecule has 1 fully saturated rings. The third-order valence-electron chi connectivity index (χ3n) is 6.07. The van der Waals surface area contributed by atoms with Gasteiger partial charge in [-0.2, -0.15) is 0 Å². The molecule has 0 radical (unpaired) electrons. The molecule has 0 saturated heterocycles. The number of thioether (sulfide) groups is 1. The Kier molecular flexibility index (Phi) is 4.38. The van der Waals surface area contributed by atoms with Gasteiger partial charge in [-0.1, -0.05) is 37.1 Å². The Labute approximate surface area is 167 Å². The molecule has 1 aliphatic carbocycles. The fourth-order valence-electron chi connectivity index (χ4n) is 4.81. The summed E-state index contributed by atoms with van der Waals surface area (Å²) < 4.78 is 13.7. The molecule has 0 aromatic carbocycles. The van der Waals surface area contributed by atoms with E-state index < -0.39 is 5.97 Å². The van der Waals surface area contributed by atoms with Crippen molar-refractivity contribution >= 4 is 34.4 Å². The number of aromatic nitrogens is 1. The lowest BCUT2D eigenvalue weighted by atomic mass is 9.82. The summed E-state index contributed by atoms with van der Waals surface area (Å²) in [6.07, 6.45) is 10.4. The van der Waals surface area contributed by atoms with E-state index in [0.29, 0.717) is 23.9 Å². The van der Waals surface area contributed by atoms with Crippen molar-refractivity contribution in [3.05, 3.63) is 45.2 Å². The number of ether oxygens (including phenoxy) is 2. The maximum Gasteiger partial charge on any atom is 0.342 e. The van der Waals surface area contributed by atoms with Crippen LogP contribution in [0.2, 0.25) is 0 Å². The minimum Gasteiger partial charge on any atom is -0.495 e. The first-order chi connectivity index (χ1) is 13.7. The monoisotopic (exact) mass is 397 g/mol. The largest absolute Gasteiger partial charge is 0.495 e. The van der Waals surface area contributed by atoms with Crippen molar-refractivity contribution in [3.8, 4) is 5.88 Å². The van der Waals surface area contributed by atoms with Crippen LogP contribution in [0, 0.1) is 0 Å². The van der Waals surface area contributed by atoms with Gasteiger partial charge in [-0.05, 0) is 42.4 Å². The normalized spacial score (nSPS) is 20.0. The number of hydrogen-bond acceptors (Lipinski definition) is 4. The number of carbonyl (C=O) groups is 1. The summed E-state index contributed by atoms with van der Waals surface area (Å²) in [4.78, 5) is 13.1. The third kappa shape index (κ3) is 2.65. The fraction of sp³-hybridized carbons (Fsp3) is 0.409. The lowest BCUT2D eigenvalue weighted by molar-refractivity contribution is -0.131. The molecule has 0 atom stereocenters. The SMILES string of the molecule is COc1ccc2c(C3CCCCC3)c3c(n12)=COCC1=C3SC(C(=O)O)=CC1. The van der Waals surface area contributed by atoms with Gasteiger partial charge in [0.2, 0.25) is 0 Å². The number of carboxylic acid groups (broad SMARTS) is 1. The van der Waals surface area contributed by atoms with Crippen LogP contribution >= 0.6 is 11.8 Å². The first-order valence-corrected chi connectivity index (χ1v) is 10.7. The van der Waals surface area contributed by atoms with Crippen LogP contribution in [-0.4, -0.2) is 29.2 Å². The highest BCUT2D eigenvalue weighted by molar-refractivity contribution is 8.12. The zero-order valence-corrected chi connectivity index (χ0v) is 16.7. The zero-order chi connectivity index (χ0) is 19.3. The Morgan fingerprint density at radius 2 is 2.11 bits per heavy atom. The molecule has 0 spiro atoms. The van der Waals surface area contributed by atoms with E-state index in [1.807, 2.05) is 12.3 Å². The van der Waals surface area contributed by atoms with E-state index in [4.69, 9.17) is 9.47 Å². The average Bonchev–Trinajstić information content (AvgIpc) is 3.21. The van der Waals surface area contributed by atoms with E-state index in [0.717, 1.165) is 32.8 Å². The Bertz CT molecular complexity index is 1070. The van der Waals surface area contributed by atoms with Crippen LogP contribution in [0.25, 0.3) is 16.7 Å². The summed E-state index contributed by atoms with van der Waals surface area (Å²) in [5.41, 5.74) is 4.82. The van der Waals surface area contributed by atoms with Gasteiger partial charge in [-0.25, -0.2) is 4.79 Å². The quantitative estimate of drug-likeness (QED) is 0.837. The van der Waals surface area contributed by atoms with Gasteiger partial charge < -0.3 is 14.6 Å². The van der Waals surface area contributed by atoms with Crippen molar-refractivity contribution in [2.45, 2.75) is 44.4 Å². The smallest absolute Gasteiger partial charge is 0.342 e. The van der Waals surface area contributed by atoms with Crippen molar-refractivity contribution in [2.75, 3.05) is 13.7 Å². The van der Waals surface area contributed by atoms with Crippen LogP contribution < -0.4 is 10.1 Å². The van der Waals surface area contributed by atoms with Gasteiger partial charge in [0.05, 0.1) is 22.9 Å². The molecule has 2 aliphatic heterocycles. The number of rotatable bonds is 3. The highest BCUT2D eigenvalue weighted by atomic mass is 32.2.